The van der Waals surface area contributed by atoms with Gasteiger partial charge in [0, 0.05) is 35.4 Å². The second-order valence-electron chi connectivity index (χ2n) is 4.29. The molecule has 1 aromatic carbocycles. The average molecular weight is 372 g/mol. The van der Waals surface area contributed by atoms with Crippen LogP contribution in [0.25, 0.3) is 0 Å². The molecule has 1 aliphatic rings. The van der Waals surface area contributed by atoms with Crippen LogP contribution in [-0.2, 0) is 20.8 Å². The summed E-state index contributed by atoms with van der Waals surface area (Å²) >= 11 is 11.6. The fraction of sp³-hybridized carbons (Fsp3) is 0.364. The highest BCUT2D eigenvalue weighted by molar-refractivity contribution is 7.89. The van der Waals surface area contributed by atoms with Gasteiger partial charge in [0.15, 0.2) is 0 Å². The van der Waals surface area contributed by atoms with Crippen LogP contribution in [0.15, 0.2) is 17.0 Å². The van der Waals surface area contributed by atoms with Crippen molar-refractivity contribution < 1.29 is 22.5 Å². The Kier molecular flexibility index (Phi) is 4.94. The van der Waals surface area contributed by atoms with Crippen molar-refractivity contribution in [2.75, 3.05) is 24.6 Å². The van der Waals surface area contributed by atoms with Crippen LogP contribution in [0.1, 0.15) is 10.4 Å². The summed E-state index contributed by atoms with van der Waals surface area (Å²) in [4.78, 5) is 10.8. The van der Waals surface area contributed by atoms with Gasteiger partial charge in [-0.25, -0.2) is 13.2 Å². The van der Waals surface area contributed by atoms with Crippen molar-refractivity contribution in [1.82, 2.24) is 4.31 Å². The van der Waals surface area contributed by atoms with Crippen molar-refractivity contribution in [2.24, 2.45) is 0 Å². The second-order valence-corrected chi connectivity index (χ2v) is 8.68. The van der Waals surface area contributed by atoms with E-state index in [0.29, 0.717) is 0 Å². The highest BCUT2D eigenvalue weighted by atomic mass is 35.5. The van der Waals surface area contributed by atoms with Crippen molar-refractivity contribution >= 4 is 50.0 Å². The zero-order valence-electron chi connectivity index (χ0n) is 10.6. The Morgan fingerprint density at radius 1 is 1.24 bits per heavy atom. The minimum absolute atomic E-state index is 0.107. The molecule has 116 valence electrons. The van der Waals surface area contributed by atoms with Crippen LogP contribution in [0.4, 0.5) is 0 Å². The molecule has 0 spiro atoms. The number of carboxylic acids is 1. The predicted octanol–water partition coefficient (Wildman–Crippen LogP) is 1.44. The summed E-state index contributed by atoms with van der Waals surface area (Å²) in [5.74, 6) is -0.909. The van der Waals surface area contributed by atoms with Gasteiger partial charge in [0.05, 0.1) is 15.6 Å². The van der Waals surface area contributed by atoms with Gasteiger partial charge in [0.1, 0.15) is 4.90 Å². The van der Waals surface area contributed by atoms with Gasteiger partial charge in [-0.05, 0) is 12.1 Å². The molecule has 1 heterocycles. The lowest BCUT2D eigenvalue weighted by Gasteiger charge is -2.26. The number of sulfonamides is 1. The molecule has 2 rings (SSSR count). The molecule has 0 bridgehead atoms. The monoisotopic (exact) mass is 371 g/mol. The predicted molar refractivity (Wildman–Crippen MR) is 80.1 cm³/mol. The van der Waals surface area contributed by atoms with Gasteiger partial charge in [0.25, 0.3) is 0 Å². The summed E-state index contributed by atoms with van der Waals surface area (Å²) < 4.78 is 37.5. The second kappa shape index (κ2) is 6.21. The third-order valence-electron chi connectivity index (χ3n) is 3.02. The van der Waals surface area contributed by atoms with Crippen LogP contribution < -0.4 is 0 Å². The first-order valence-corrected chi connectivity index (χ1v) is 9.50. The topological polar surface area (TPSA) is 91.8 Å². The smallest absolute Gasteiger partial charge is 0.338 e. The number of hydrogen-bond acceptors (Lipinski definition) is 4. The number of aromatic carboxylic acids is 1. The van der Waals surface area contributed by atoms with Crippen molar-refractivity contribution in [1.29, 1.82) is 0 Å². The summed E-state index contributed by atoms with van der Waals surface area (Å²) in [6.07, 6.45) is 0. The van der Waals surface area contributed by atoms with E-state index in [1.165, 1.54) is 12.1 Å². The molecule has 0 atom stereocenters. The van der Waals surface area contributed by atoms with Crippen LogP contribution in [0, 0.1) is 0 Å². The minimum atomic E-state index is -3.94. The van der Waals surface area contributed by atoms with E-state index in [0.717, 1.165) is 4.31 Å². The molecule has 1 aromatic rings. The normalized spacial score (nSPS) is 17.8. The van der Waals surface area contributed by atoms with Gasteiger partial charge >= 0.3 is 5.97 Å². The van der Waals surface area contributed by atoms with Crippen molar-refractivity contribution in [2.45, 2.75) is 4.90 Å². The summed E-state index contributed by atoms with van der Waals surface area (Å²) in [5.41, 5.74) is -0.444. The third kappa shape index (κ3) is 3.24. The van der Waals surface area contributed by atoms with Gasteiger partial charge < -0.3 is 5.11 Å². The molecule has 10 heteroatoms. The van der Waals surface area contributed by atoms with E-state index in [-0.39, 0.29) is 34.5 Å². The van der Waals surface area contributed by atoms with Crippen molar-refractivity contribution in [3.63, 3.8) is 0 Å². The molecule has 1 saturated heterocycles. The van der Waals surface area contributed by atoms with E-state index in [1.807, 2.05) is 0 Å². The van der Waals surface area contributed by atoms with Gasteiger partial charge in [-0.3, -0.25) is 4.21 Å². The highest BCUT2D eigenvalue weighted by Crippen LogP contribution is 2.33. The molecule has 0 aliphatic carbocycles. The van der Waals surface area contributed by atoms with Gasteiger partial charge in [0.2, 0.25) is 10.0 Å². The number of halogens is 2. The molecule has 1 fully saturated rings. The Morgan fingerprint density at radius 3 is 2.33 bits per heavy atom. The van der Waals surface area contributed by atoms with Crippen LogP contribution in [0.2, 0.25) is 10.0 Å². The Bertz CT molecular complexity index is 710. The lowest BCUT2D eigenvalue weighted by atomic mass is 10.2. The quantitative estimate of drug-likeness (QED) is 0.867. The Hall–Kier alpha value is -0.670. The molecule has 6 nitrogen and oxygen atoms in total. The molecule has 0 aromatic heterocycles. The fourth-order valence-electron chi connectivity index (χ4n) is 1.93. The Morgan fingerprint density at radius 2 is 1.81 bits per heavy atom. The number of carboxylic acid groups (broad SMARTS) is 1. The maximum atomic E-state index is 12.5. The van der Waals surface area contributed by atoms with Crippen LogP contribution in [0.5, 0.6) is 0 Å². The lowest BCUT2D eigenvalue weighted by molar-refractivity contribution is 0.0697. The Balaban J connectivity index is 2.48. The molecule has 21 heavy (non-hydrogen) atoms. The van der Waals surface area contributed by atoms with Crippen LogP contribution in [-0.4, -0.2) is 52.6 Å². The average Bonchev–Trinajstić information content (AvgIpc) is 2.38. The first-order valence-electron chi connectivity index (χ1n) is 5.81. The molecule has 0 unspecified atom stereocenters. The van der Waals surface area contributed by atoms with Crippen LogP contribution in [0.3, 0.4) is 0 Å². The maximum Gasteiger partial charge on any atom is 0.338 e. The highest BCUT2D eigenvalue weighted by Gasteiger charge is 2.32. The van der Waals surface area contributed by atoms with E-state index >= 15 is 0 Å². The molecule has 1 N–H and O–H groups in total. The van der Waals surface area contributed by atoms with Crippen molar-refractivity contribution in [3.05, 3.63) is 27.7 Å². The zero-order valence-corrected chi connectivity index (χ0v) is 13.7. The fourth-order valence-corrected chi connectivity index (χ4v) is 5.55. The van der Waals surface area contributed by atoms with Crippen LogP contribution >= 0.6 is 23.2 Å². The van der Waals surface area contributed by atoms with E-state index in [9.17, 15) is 17.4 Å². The molecular formula is C11H11Cl2NO5S2. The third-order valence-corrected chi connectivity index (χ3v) is 7.06. The molecule has 0 saturated carbocycles. The largest absolute Gasteiger partial charge is 0.478 e. The number of rotatable bonds is 3. The van der Waals surface area contributed by atoms with Gasteiger partial charge in [-0.2, -0.15) is 4.31 Å². The first kappa shape index (κ1) is 16.7. The molecular weight excluding hydrogens is 361 g/mol. The first-order chi connectivity index (χ1) is 9.75. The zero-order chi connectivity index (χ0) is 15.8. The standard InChI is InChI=1S/C11H11Cl2NO5S2/c12-7-1-2-8(10(13)9(7)11(15)16)21(18,19)14-3-5-20(17)6-4-14/h1-2H,3-6H2,(H,15,16). The number of benzene rings is 1. The van der Waals surface area contributed by atoms with Crippen molar-refractivity contribution in [3.8, 4) is 0 Å². The van der Waals surface area contributed by atoms with E-state index in [1.54, 1.807) is 0 Å². The number of hydrogen-bond donors (Lipinski definition) is 1. The lowest BCUT2D eigenvalue weighted by Crippen LogP contribution is -2.41. The maximum absolute atomic E-state index is 12.5. The molecule has 1 aliphatic heterocycles. The van der Waals surface area contributed by atoms with E-state index < -0.39 is 37.4 Å². The molecule has 0 amide bonds. The summed E-state index contributed by atoms with van der Waals surface area (Å²) in [6.45, 7) is 0.215. The van der Waals surface area contributed by atoms with Gasteiger partial charge in [-0.1, -0.05) is 23.2 Å². The number of carbonyl (C=O) groups is 1. The summed E-state index contributed by atoms with van der Waals surface area (Å²) in [7, 11) is -4.97. The Labute approximate surface area is 134 Å². The minimum Gasteiger partial charge on any atom is -0.478 e. The number of nitrogens with zero attached hydrogens (tertiary/aromatic N) is 1. The molecule has 0 radical (unpaired) electrons. The summed E-state index contributed by atoms with van der Waals surface area (Å²) in [6, 6.07) is 2.36. The van der Waals surface area contributed by atoms with E-state index in [4.69, 9.17) is 28.3 Å². The SMILES string of the molecule is O=C(O)c1c(Cl)ccc(S(=O)(=O)N2CCS(=O)CC2)c1Cl. The summed E-state index contributed by atoms with van der Waals surface area (Å²) in [5, 5.41) is 8.52. The van der Waals surface area contributed by atoms with Gasteiger partial charge in [-0.15, -0.1) is 0 Å². The van der Waals surface area contributed by atoms with E-state index in [2.05, 4.69) is 0 Å².